The molecule has 1 amide bonds. The molecule has 0 aliphatic heterocycles. The summed E-state index contributed by atoms with van der Waals surface area (Å²) < 4.78 is 40.9. The SMILES string of the molecule is Cc1cc(/C=C/C(c2cc(Cl)c(Cl)c(Cl)c2)C(F)(F)F)ccc1C(=O)NC(C)C. The first-order valence-corrected chi connectivity index (χ1v) is 9.84. The van der Waals surface area contributed by atoms with Crippen LogP contribution in [0.5, 0.6) is 0 Å². The molecule has 0 spiro atoms. The third-order valence-electron chi connectivity index (χ3n) is 4.11. The lowest BCUT2D eigenvalue weighted by Crippen LogP contribution is -2.30. The average molecular weight is 465 g/mol. The minimum atomic E-state index is -4.55. The van der Waals surface area contributed by atoms with Crippen LogP contribution in [0.1, 0.15) is 46.8 Å². The van der Waals surface area contributed by atoms with Crippen LogP contribution in [0.25, 0.3) is 6.08 Å². The summed E-state index contributed by atoms with van der Waals surface area (Å²) in [6.45, 7) is 5.42. The molecule has 8 heteroatoms. The fraction of sp³-hybridized carbons (Fsp3) is 0.286. The number of benzene rings is 2. The number of carbonyl (C=O) groups excluding carboxylic acids is 1. The molecule has 0 aliphatic carbocycles. The number of allylic oxidation sites excluding steroid dienone is 1. The topological polar surface area (TPSA) is 29.1 Å². The lowest BCUT2D eigenvalue weighted by atomic mass is 9.96. The summed E-state index contributed by atoms with van der Waals surface area (Å²) in [5, 5.41) is 2.70. The number of aryl methyl sites for hydroxylation is 1. The molecular weight excluding hydrogens is 446 g/mol. The Bertz CT molecular complexity index is 916. The fourth-order valence-electron chi connectivity index (χ4n) is 2.76. The Morgan fingerprint density at radius 3 is 2.14 bits per heavy atom. The third-order valence-corrected chi connectivity index (χ3v) is 5.31. The van der Waals surface area contributed by atoms with Gasteiger partial charge in [-0.15, -0.1) is 0 Å². The zero-order chi connectivity index (χ0) is 21.9. The van der Waals surface area contributed by atoms with Crippen LogP contribution in [0.4, 0.5) is 13.2 Å². The molecule has 2 rings (SSSR count). The van der Waals surface area contributed by atoms with Gasteiger partial charge < -0.3 is 5.32 Å². The predicted molar refractivity (Wildman–Crippen MR) is 113 cm³/mol. The molecule has 0 saturated heterocycles. The van der Waals surface area contributed by atoms with Crippen LogP contribution in [0, 0.1) is 6.92 Å². The lowest BCUT2D eigenvalue weighted by molar-refractivity contribution is -0.139. The first-order valence-electron chi connectivity index (χ1n) is 8.71. The number of hydrogen-bond donors (Lipinski definition) is 1. The van der Waals surface area contributed by atoms with Gasteiger partial charge in [0.25, 0.3) is 5.91 Å². The highest BCUT2D eigenvalue weighted by Crippen LogP contribution is 2.41. The van der Waals surface area contributed by atoms with Crippen molar-refractivity contribution in [2.24, 2.45) is 0 Å². The predicted octanol–water partition coefficient (Wildman–Crippen LogP) is 7.45. The minimum Gasteiger partial charge on any atom is -0.350 e. The molecule has 1 unspecified atom stereocenters. The molecule has 1 N–H and O–H groups in total. The molecule has 0 heterocycles. The van der Waals surface area contributed by atoms with Crippen LogP contribution in [0.2, 0.25) is 15.1 Å². The van der Waals surface area contributed by atoms with E-state index in [1.807, 2.05) is 13.8 Å². The standard InChI is InChI=1S/C21H19Cl3F3NO/c1-11(2)28-20(29)15-6-4-13(8-12(15)3)5-7-16(21(25,26)27)14-9-17(22)19(24)18(23)10-14/h4-11,16H,1-3H3,(H,28,29)/b7-5+. The van der Waals surface area contributed by atoms with Crippen molar-refractivity contribution in [3.63, 3.8) is 0 Å². The molecule has 0 aliphatic rings. The van der Waals surface area contributed by atoms with Gasteiger partial charge in [-0.2, -0.15) is 13.2 Å². The average Bonchev–Trinajstić information content (AvgIpc) is 2.57. The van der Waals surface area contributed by atoms with Gasteiger partial charge in [-0.25, -0.2) is 0 Å². The van der Waals surface area contributed by atoms with Gasteiger partial charge in [-0.3, -0.25) is 4.79 Å². The molecule has 156 valence electrons. The summed E-state index contributed by atoms with van der Waals surface area (Å²) in [6.07, 6.45) is -2.17. The lowest BCUT2D eigenvalue weighted by Gasteiger charge is -2.18. The van der Waals surface area contributed by atoms with Crippen LogP contribution in [-0.4, -0.2) is 18.1 Å². The molecule has 0 bridgehead atoms. The first-order chi connectivity index (χ1) is 13.4. The molecule has 0 aromatic heterocycles. The van der Waals surface area contributed by atoms with Crippen molar-refractivity contribution in [2.75, 3.05) is 0 Å². The molecular formula is C21H19Cl3F3NO. The second kappa shape index (κ2) is 9.41. The molecule has 0 radical (unpaired) electrons. The Kier molecular flexibility index (Phi) is 7.66. The minimum absolute atomic E-state index is 0.00729. The summed E-state index contributed by atoms with van der Waals surface area (Å²) >= 11 is 17.6. The maximum absolute atomic E-state index is 13.6. The van der Waals surface area contributed by atoms with E-state index in [-0.39, 0.29) is 32.6 Å². The van der Waals surface area contributed by atoms with Crippen molar-refractivity contribution in [3.05, 3.63) is 73.7 Å². The number of carbonyl (C=O) groups is 1. The molecule has 0 saturated carbocycles. The Labute approximate surface area is 182 Å². The summed E-state index contributed by atoms with van der Waals surface area (Å²) in [5.74, 6) is -2.15. The van der Waals surface area contributed by atoms with E-state index in [9.17, 15) is 18.0 Å². The molecule has 2 aromatic carbocycles. The van der Waals surface area contributed by atoms with Crippen molar-refractivity contribution in [1.82, 2.24) is 5.32 Å². The van der Waals surface area contributed by atoms with E-state index in [2.05, 4.69) is 5.32 Å². The summed E-state index contributed by atoms with van der Waals surface area (Å²) in [5.41, 5.74) is 1.55. The van der Waals surface area contributed by atoms with E-state index in [0.717, 1.165) is 18.2 Å². The number of rotatable bonds is 5. The number of halogens is 6. The monoisotopic (exact) mass is 463 g/mol. The highest BCUT2D eigenvalue weighted by atomic mass is 35.5. The van der Waals surface area contributed by atoms with Crippen LogP contribution in [0.3, 0.4) is 0 Å². The largest absolute Gasteiger partial charge is 0.399 e. The van der Waals surface area contributed by atoms with Crippen LogP contribution >= 0.6 is 34.8 Å². The smallest absolute Gasteiger partial charge is 0.350 e. The van der Waals surface area contributed by atoms with Gasteiger partial charge in [0.15, 0.2) is 0 Å². The number of alkyl halides is 3. The van der Waals surface area contributed by atoms with Gasteiger partial charge in [0, 0.05) is 11.6 Å². The number of nitrogens with one attached hydrogen (secondary N) is 1. The van der Waals surface area contributed by atoms with Gasteiger partial charge >= 0.3 is 6.18 Å². The number of hydrogen-bond acceptors (Lipinski definition) is 1. The Balaban J connectivity index is 2.35. The van der Waals surface area contributed by atoms with Crippen molar-refractivity contribution in [2.45, 2.75) is 38.9 Å². The van der Waals surface area contributed by atoms with Gasteiger partial charge in [0.05, 0.1) is 21.0 Å². The summed E-state index contributed by atoms with van der Waals surface area (Å²) in [6, 6.07) is 7.12. The summed E-state index contributed by atoms with van der Waals surface area (Å²) in [4.78, 5) is 12.1. The van der Waals surface area contributed by atoms with Gasteiger partial charge in [-0.1, -0.05) is 59.1 Å². The van der Waals surface area contributed by atoms with E-state index in [0.29, 0.717) is 16.7 Å². The van der Waals surface area contributed by atoms with Crippen molar-refractivity contribution in [1.29, 1.82) is 0 Å². The molecule has 0 fully saturated rings. The fourth-order valence-corrected chi connectivity index (χ4v) is 3.37. The van der Waals surface area contributed by atoms with Gasteiger partial charge in [-0.05, 0) is 55.7 Å². The second-order valence-electron chi connectivity index (χ2n) is 6.88. The molecule has 2 aromatic rings. The zero-order valence-corrected chi connectivity index (χ0v) is 18.1. The highest BCUT2D eigenvalue weighted by Gasteiger charge is 2.39. The van der Waals surface area contributed by atoms with E-state index in [1.54, 1.807) is 25.1 Å². The Hall–Kier alpha value is -1.69. The van der Waals surface area contributed by atoms with E-state index >= 15 is 0 Å². The van der Waals surface area contributed by atoms with Crippen LogP contribution in [0.15, 0.2) is 36.4 Å². The molecule has 29 heavy (non-hydrogen) atoms. The van der Waals surface area contributed by atoms with Crippen molar-refractivity contribution >= 4 is 46.8 Å². The maximum Gasteiger partial charge on any atom is 0.399 e. The van der Waals surface area contributed by atoms with Crippen LogP contribution in [-0.2, 0) is 0 Å². The second-order valence-corrected chi connectivity index (χ2v) is 8.07. The molecule has 1 atom stereocenters. The third kappa shape index (κ3) is 6.14. The Morgan fingerprint density at radius 1 is 1.07 bits per heavy atom. The van der Waals surface area contributed by atoms with Gasteiger partial charge in [0.2, 0.25) is 0 Å². The van der Waals surface area contributed by atoms with E-state index in [1.165, 1.54) is 6.08 Å². The van der Waals surface area contributed by atoms with Gasteiger partial charge in [0.1, 0.15) is 0 Å². The summed E-state index contributed by atoms with van der Waals surface area (Å²) in [7, 11) is 0. The van der Waals surface area contributed by atoms with Crippen molar-refractivity contribution < 1.29 is 18.0 Å². The van der Waals surface area contributed by atoms with Crippen LogP contribution < -0.4 is 5.32 Å². The highest BCUT2D eigenvalue weighted by molar-refractivity contribution is 6.48. The quantitative estimate of drug-likeness (QED) is 0.457. The van der Waals surface area contributed by atoms with E-state index in [4.69, 9.17) is 34.8 Å². The Morgan fingerprint density at radius 2 is 1.66 bits per heavy atom. The first kappa shape index (κ1) is 23.6. The van der Waals surface area contributed by atoms with E-state index < -0.39 is 12.1 Å². The zero-order valence-electron chi connectivity index (χ0n) is 15.9. The maximum atomic E-state index is 13.6. The number of amides is 1. The molecule has 2 nitrogen and oxygen atoms in total. The normalized spacial score (nSPS) is 13.2. The van der Waals surface area contributed by atoms with Crippen molar-refractivity contribution in [3.8, 4) is 0 Å².